The molecule has 1 aliphatic carbocycles. The second-order valence-corrected chi connectivity index (χ2v) is 14.1. The number of carbonyl (C=O) groups excluding carboxylic acids is 7. The highest BCUT2D eigenvalue weighted by atomic mass is 32.2. The number of urea groups is 1. The monoisotopic (exact) mass is 834 g/mol. The molecule has 0 aromatic heterocycles. The zero-order valence-corrected chi connectivity index (χ0v) is 32.4. The fourth-order valence-corrected chi connectivity index (χ4v) is 6.46. The number of anilines is 1. The number of nitrogens with zero attached hydrogens (tertiary/aromatic N) is 1. The molecule has 7 amide bonds. The van der Waals surface area contributed by atoms with Crippen LogP contribution in [0, 0.1) is 0 Å². The lowest BCUT2D eigenvalue weighted by molar-refractivity contribution is -0.145. The quantitative estimate of drug-likeness (QED) is 0.0292. The molecule has 0 spiro atoms. The van der Waals surface area contributed by atoms with E-state index >= 15 is 0 Å². The van der Waals surface area contributed by atoms with Gasteiger partial charge in [0.25, 0.3) is 11.8 Å². The van der Waals surface area contributed by atoms with Crippen LogP contribution in [0.5, 0.6) is 5.75 Å². The van der Waals surface area contributed by atoms with Crippen LogP contribution in [0.15, 0.2) is 63.8 Å². The number of ether oxygens (including phenoxy) is 2. The van der Waals surface area contributed by atoms with Gasteiger partial charge in [-0.15, -0.1) is 0 Å². The van der Waals surface area contributed by atoms with E-state index in [9.17, 15) is 53.4 Å². The van der Waals surface area contributed by atoms with E-state index in [0.717, 1.165) is 11.8 Å². The lowest BCUT2D eigenvalue weighted by Crippen LogP contribution is -2.59. The second-order valence-electron chi connectivity index (χ2n) is 13.0. The van der Waals surface area contributed by atoms with Crippen LogP contribution < -0.4 is 32.5 Å². The van der Waals surface area contributed by atoms with Crippen LogP contribution in [-0.2, 0) is 38.2 Å². The highest BCUT2D eigenvalue weighted by Crippen LogP contribution is 2.42. The molecule has 2 aromatic rings. The number of carboxylic acid groups (broad SMARTS) is 1. The van der Waals surface area contributed by atoms with Gasteiger partial charge in [0, 0.05) is 46.5 Å². The molecule has 0 saturated carbocycles. The fourth-order valence-electron chi connectivity index (χ4n) is 5.73. The maximum Gasteiger partial charge on any atom is 0.340 e. The van der Waals surface area contributed by atoms with Gasteiger partial charge in [-0.1, -0.05) is 6.07 Å². The number of imide groups is 1. The Kier molecular flexibility index (Phi) is 13.5. The minimum Gasteiger partial charge on any atom is -0.508 e. The Labute approximate surface area is 338 Å². The number of phenolic OH excluding ortho intramolecular Hbond substituents is 1. The first-order chi connectivity index (χ1) is 28.0. The van der Waals surface area contributed by atoms with E-state index in [1.54, 1.807) is 13.0 Å². The predicted molar refractivity (Wildman–Crippen MR) is 209 cm³/mol. The molecule has 310 valence electrons. The number of hydrazine groups is 1. The largest absolute Gasteiger partial charge is 0.508 e. The van der Waals surface area contributed by atoms with Crippen LogP contribution >= 0.6 is 11.8 Å². The summed E-state index contributed by atoms with van der Waals surface area (Å²) >= 11 is 1.09. The van der Waals surface area contributed by atoms with Crippen molar-refractivity contribution in [2.75, 3.05) is 23.4 Å². The smallest absolute Gasteiger partial charge is 0.340 e. The summed E-state index contributed by atoms with van der Waals surface area (Å²) in [6.45, 7) is 4.15. The molecule has 21 heteroatoms. The number of amides is 7. The van der Waals surface area contributed by atoms with Crippen molar-refractivity contribution >= 4 is 75.9 Å². The Morgan fingerprint density at radius 3 is 2.31 bits per heavy atom. The summed E-state index contributed by atoms with van der Waals surface area (Å²) in [5.74, 6) is -6.00. The Bertz CT molecular complexity index is 2380. The summed E-state index contributed by atoms with van der Waals surface area (Å²) in [6, 6.07) is 8.90. The fraction of sp³-hybridized carbons (Fsp3) is 0.289. The number of aromatic hydroxyl groups is 1. The number of primary amides is 1. The normalized spacial score (nSPS) is 15.3. The third-order valence-electron chi connectivity index (χ3n) is 8.63. The van der Waals surface area contributed by atoms with E-state index in [1.165, 1.54) is 62.4 Å². The summed E-state index contributed by atoms with van der Waals surface area (Å²) in [5, 5.41) is 28.2. The molecule has 4 atom stereocenters. The molecule has 59 heavy (non-hydrogen) atoms. The zero-order chi connectivity index (χ0) is 43.1. The van der Waals surface area contributed by atoms with Gasteiger partial charge in [0.2, 0.25) is 17.7 Å². The van der Waals surface area contributed by atoms with Gasteiger partial charge in [-0.25, -0.2) is 14.4 Å². The first-order valence-electron chi connectivity index (χ1n) is 17.8. The maximum absolute atomic E-state index is 12.8. The number of fused-ring (bicyclic) bond motifs is 2. The highest BCUT2D eigenvalue weighted by Gasteiger charge is 2.54. The lowest BCUT2D eigenvalue weighted by atomic mass is 9.90. The zero-order valence-electron chi connectivity index (χ0n) is 31.6. The molecule has 2 heterocycles. The average Bonchev–Trinajstić information content (AvgIpc) is 3.99. The van der Waals surface area contributed by atoms with Crippen molar-refractivity contribution in [1.29, 1.82) is 0 Å². The third kappa shape index (κ3) is 10.5. The second kappa shape index (κ2) is 18.5. The van der Waals surface area contributed by atoms with Gasteiger partial charge in [-0.3, -0.25) is 34.2 Å². The first-order valence-corrected chi connectivity index (χ1v) is 18.9. The molecule has 0 radical (unpaired) electrons. The number of aromatic carboxylic acids is 1. The molecule has 1 saturated heterocycles. The number of carbonyl (C=O) groups is 8. The number of esters is 1. The molecule has 20 nitrogen and oxygen atoms in total. The van der Waals surface area contributed by atoms with Crippen molar-refractivity contribution in [2.45, 2.75) is 51.5 Å². The molecule has 2 aliphatic heterocycles. The van der Waals surface area contributed by atoms with Crippen molar-refractivity contribution in [3.8, 4) is 28.2 Å². The first kappa shape index (κ1) is 43.1. The van der Waals surface area contributed by atoms with Crippen LogP contribution in [0.3, 0.4) is 0 Å². The number of rotatable bonds is 15. The van der Waals surface area contributed by atoms with Crippen molar-refractivity contribution < 1.29 is 62.5 Å². The van der Waals surface area contributed by atoms with Crippen LogP contribution in [0.1, 0.15) is 37.6 Å². The number of carboxylic acids is 1. The maximum atomic E-state index is 12.8. The number of hydrogen-bond donors (Lipinski definition) is 7. The van der Waals surface area contributed by atoms with E-state index in [1.807, 2.05) is 5.43 Å². The molecular weight excluding hydrogens is 797 g/mol. The van der Waals surface area contributed by atoms with Crippen molar-refractivity contribution in [3.05, 3.63) is 70.4 Å². The molecule has 8 N–H and O–H groups in total. The number of thioether (sulfide) groups is 1. The minimum atomic E-state index is -1.41. The molecule has 1 fully saturated rings. The standard InChI is InChI=1S/C38H38N6O14S/c1-4-56-37(54)32-31(58-32)35(51)44(38(39)55)43-34(50)18(3)41-33(49)17(2)40-28(47)11-12-59-16-29(48)42-19-5-8-22(25(13-19)36(52)53)30-23-9-6-20(45)14-26(23)57-27-15-21(46)7-10-24(27)30/h5-10,13-15,17-18,31-32,45H,4,11-12,16H2,1-3H3,(H2,39,55)(H,40,47)(H,41,49)(H,42,48)(H,43,50)(H,52,53). The van der Waals surface area contributed by atoms with Crippen molar-refractivity contribution in [1.82, 2.24) is 21.1 Å². The Morgan fingerprint density at radius 1 is 0.898 bits per heavy atom. The Morgan fingerprint density at radius 2 is 1.61 bits per heavy atom. The summed E-state index contributed by atoms with van der Waals surface area (Å²) in [6.07, 6.45) is -2.78. The number of benzene rings is 3. The van der Waals surface area contributed by atoms with E-state index in [2.05, 4.69) is 16.0 Å². The number of nitrogens with two attached hydrogens (primary N) is 1. The van der Waals surface area contributed by atoms with E-state index in [-0.39, 0.29) is 68.9 Å². The molecule has 4 unspecified atom stereocenters. The van der Waals surface area contributed by atoms with Gasteiger partial charge < -0.3 is 45.8 Å². The van der Waals surface area contributed by atoms with E-state index in [4.69, 9.17) is 19.6 Å². The Balaban J connectivity index is 1.10. The number of epoxide rings is 1. The number of nitrogens with one attached hydrogen (secondary N) is 4. The number of phenols is 1. The summed E-state index contributed by atoms with van der Waals surface area (Å²) < 4.78 is 15.5. The molecule has 2 aromatic carbocycles. The van der Waals surface area contributed by atoms with Crippen molar-refractivity contribution in [3.63, 3.8) is 0 Å². The summed E-state index contributed by atoms with van der Waals surface area (Å²) in [7, 11) is 0. The molecular formula is C38H38N6O14S. The third-order valence-corrected chi connectivity index (χ3v) is 9.59. The predicted octanol–water partition coefficient (Wildman–Crippen LogP) is 1.31. The van der Waals surface area contributed by atoms with Crippen LogP contribution in [-0.4, -0.2) is 105 Å². The minimum absolute atomic E-state index is 0.0225. The molecule has 3 aliphatic rings. The van der Waals surface area contributed by atoms with Crippen LogP contribution in [0.25, 0.3) is 33.4 Å². The van der Waals surface area contributed by atoms with Crippen molar-refractivity contribution in [2.24, 2.45) is 5.73 Å². The van der Waals surface area contributed by atoms with Gasteiger partial charge in [-0.05, 0) is 62.7 Å². The number of hydrogen-bond acceptors (Lipinski definition) is 14. The SMILES string of the molecule is CCOC(=O)C1OC1C(=O)N(NC(=O)C(C)NC(=O)C(C)NC(=O)CCSCC(=O)Nc1ccc(-c2c3ccc(=O)cc-3oc3cc(O)ccc23)c(C(=O)O)c1)C(N)=O. The van der Waals surface area contributed by atoms with E-state index < -0.39 is 71.8 Å². The van der Waals surface area contributed by atoms with Gasteiger partial charge in [-0.2, -0.15) is 16.8 Å². The van der Waals surface area contributed by atoms with Gasteiger partial charge >= 0.3 is 18.0 Å². The van der Waals surface area contributed by atoms with E-state index in [0.29, 0.717) is 16.5 Å². The van der Waals surface area contributed by atoms with Crippen LogP contribution in [0.4, 0.5) is 10.5 Å². The molecule has 5 rings (SSSR count). The Hall–Kier alpha value is -7.00. The van der Waals surface area contributed by atoms with Gasteiger partial charge in [0.05, 0.1) is 17.9 Å². The topological polar surface area (TPSA) is 306 Å². The van der Waals surface area contributed by atoms with Gasteiger partial charge in [0.1, 0.15) is 29.2 Å². The summed E-state index contributed by atoms with van der Waals surface area (Å²) in [4.78, 5) is 111. The lowest BCUT2D eigenvalue weighted by Gasteiger charge is -2.22. The van der Waals surface area contributed by atoms with Crippen LogP contribution in [0.2, 0.25) is 0 Å². The average molecular weight is 835 g/mol. The molecule has 0 bridgehead atoms. The highest BCUT2D eigenvalue weighted by molar-refractivity contribution is 7.99. The summed E-state index contributed by atoms with van der Waals surface area (Å²) in [5.41, 5.74) is 8.22. The van der Waals surface area contributed by atoms with Gasteiger partial charge in [0.15, 0.2) is 17.6 Å².